The van der Waals surface area contributed by atoms with Gasteiger partial charge in [0.05, 0.1) is 11.1 Å². The fraction of sp³-hybridized carbons (Fsp3) is 0.259. The number of alkyl halides is 3. The zero-order chi connectivity index (χ0) is 25.3. The van der Waals surface area contributed by atoms with E-state index >= 15 is 0 Å². The molecule has 0 atom stereocenters. The number of rotatable bonds is 5. The summed E-state index contributed by atoms with van der Waals surface area (Å²) in [6.45, 7) is 0. The molecule has 5 rings (SSSR count). The van der Waals surface area contributed by atoms with Crippen LogP contribution in [0.2, 0.25) is 0 Å². The molecule has 1 fully saturated rings. The zero-order valence-electron chi connectivity index (χ0n) is 19.2. The molecule has 1 saturated carbocycles. The zero-order valence-corrected chi connectivity index (χ0v) is 20.8. The monoisotopic (exact) mass is 557 g/mol. The lowest BCUT2D eigenvalue weighted by Crippen LogP contribution is -2.23. The first kappa shape index (κ1) is 24.4. The molecule has 2 heterocycles. The van der Waals surface area contributed by atoms with E-state index in [1.807, 2.05) is 22.7 Å². The summed E-state index contributed by atoms with van der Waals surface area (Å²) in [4.78, 5) is 17.3. The van der Waals surface area contributed by atoms with Crippen molar-refractivity contribution in [1.29, 1.82) is 0 Å². The third kappa shape index (κ3) is 5.26. The van der Waals surface area contributed by atoms with E-state index < -0.39 is 17.7 Å². The highest BCUT2D eigenvalue weighted by molar-refractivity contribution is 9.10. The molecule has 36 heavy (non-hydrogen) atoms. The Morgan fingerprint density at radius 2 is 1.78 bits per heavy atom. The van der Waals surface area contributed by atoms with E-state index in [0.29, 0.717) is 6.04 Å². The Morgan fingerprint density at radius 3 is 2.50 bits per heavy atom. The molecule has 5 nitrogen and oxygen atoms in total. The van der Waals surface area contributed by atoms with E-state index in [2.05, 4.69) is 21.2 Å². The summed E-state index contributed by atoms with van der Waals surface area (Å²) in [5.74, 6) is 0.271. The maximum absolute atomic E-state index is 13.0. The summed E-state index contributed by atoms with van der Waals surface area (Å²) in [6, 6.07) is 15.2. The van der Waals surface area contributed by atoms with Crippen LogP contribution in [0.25, 0.3) is 16.9 Å². The van der Waals surface area contributed by atoms with Gasteiger partial charge in [0.15, 0.2) is 0 Å². The lowest BCUT2D eigenvalue weighted by Gasteiger charge is -2.24. The number of carbonyl (C=O) groups is 1. The van der Waals surface area contributed by atoms with Crippen LogP contribution >= 0.6 is 15.9 Å². The molecule has 1 aliphatic rings. The summed E-state index contributed by atoms with van der Waals surface area (Å²) >= 11 is 3.54. The van der Waals surface area contributed by atoms with Gasteiger partial charge in [-0.1, -0.05) is 25.3 Å². The summed E-state index contributed by atoms with van der Waals surface area (Å²) < 4.78 is 47.2. The molecule has 0 saturated heterocycles. The minimum Gasteiger partial charge on any atom is -0.423 e. The molecular weight excluding hydrogens is 535 g/mol. The van der Waals surface area contributed by atoms with Crippen molar-refractivity contribution in [3.63, 3.8) is 0 Å². The van der Waals surface area contributed by atoms with Gasteiger partial charge in [-0.25, -0.2) is 9.78 Å². The smallest absolute Gasteiger partial charge is 0.416 e. The SMILES string of the molecule is O=C(Oc1ccc(-c2nc3ccc(Br)cn3c2NC2CCCCC2)cc1)c1cccc(C(F)(F)F)c1. The van der Waals surface area contributed by atoms with Crippen molar-refractivity contribution < 1.29 is 22.7 Å². The van der Waals surface area contributed by atoms with Crippen LogP contribution < -0.4 is 10.1 Å². The lowest BCUT2D eigenvalue weighted by atomic mass is 9.95. The normalized spacial score (nSPS) is 14.7. The maximum Gasteiger partial charge on any atom is 0.416 e. The highest BCUT2D eigenvalue weighted by atomic mass is 79.9. The van der Waals surface area contributed by atoms with Crippen LogP contribution in [-0.4, -0.2) is 21.4 Å². The maximum atomic E-state index is 13.0. The summed E-state index contributed by atoms with van der Waals surface area (Å²) in [7, 11) is 0. The minimum absolute atomic E-state index is 0.168. The molecule has 1 N–H and O–H groups in total. The number of ether oxygens (including phenoxy) is 1. The first-order valence-electron chi connectivity index (χ1n) is 11.7. The van der Waals surface area contributed by atoms with Gasteiger partial charge in [0.25, 0.3) is 0 Å². The van der Waals surface area contributed by atoms with Crippen LogP contribution in [0.1, 0.15) is 48.0 Å². The van der Waals surface area contributed by atoms with Crippen molar-refractivity contribution in [3.05, 3.63) is 82.5 Å². The molecule has 9 heteroatoms. The topological polar surface area (TPSA) is 55.6 Å². The van der Waals surface area contributed by atoms with Crippen molar-refractivity contribution >= 4 is 33.4 Å². The second kappa shape index (κ2) is 9.97. The van der Waals surface area contributed by atoms with E-state index in [1.54, 1.807) is 24.3 Å². The van der Waals surface area contributed by atoms with Gasteiger partial charge >= 0.3 is 12.1 Å². The molecule has 0 radical (unpaired) electrons. The second-order valence-corrected chi connectivity index (χ2v) is 9.77. The first-order valence-corrected chi connectivity index (χ1v) is 12.5. The van der Waals surface area contributed by atoms with Gasteiger partial charge in [0, 0.05) is 22.3 Å². The number of nitrogens with zero attached hydrogens (tertiary/aromatic N) is 2. The number of hydrogen-bond donors (Lipinski definition) is 1. The number of imidazole rings is 1. The molecule has 186 valence electrons. The Kier molecular flexibility index (Phi) is 6.75. The third-order valence-electron chi connectivity index (χ3n) is 6.29. The molecule has 0 aliphatic heterocycles. The molecule has 0 unspecified atom stereocenters. The summed E-state index contributed by atoms with van der Waals surface area (Å²) in [5.41, 5.74) is 1.33. The van der Waals surface area contributed by atoms with E-state index in [9.17, 15) is 18.0 Å². The standard InChI is InChI=1S/C27H23BrF3N3O2/c28-20-11-14-23-33-24(25(34(23)16-20)32-21-7-2-1-3-8-21)17-9-12-22(13-10-17)36-26(35)18-5-4-6-19(15-18)27(29,30)31/h4-6,9-16,21,32H,1-3,7-8H2. The summed E-state index contributed by atoms with van der Waals surface area (Å²) in [5, 5.41) is 3.69. The number of fused-ring (bicyclic) bond motifs is 1. The Balaban J connectivity index is 1.40. The second-order valence-electron chi connectivity index (χ2n) is 8.86. The van der Waals surface area contributed by atoms with E-state index in [1.165, 1.54) is 31.4 Å². The number of halogens is 4. The van der Waals surface area contributed by atoms with Gasteiger partial charge in [0.1, 0.15) is 22.9 Å². The van der Waals surface area contributed by atoms with Crippen molar-refractivity contribution in [2.75, 3.05) is 5.32 Å². The summed E-state index contributed by atoms with van der Waals surface area (Å²) in [6.07, 6.45) is 3.28. The lowest BCUT2D eigenvalue weighted by molar-refractivity contribution is -0.137. The number of esters is 1. The molecule has 1 aliphatic carbocycles. The molecule has 2 aromatic heterocycles. The fourth-order valence-electron chi connectivity index (χ4n) is 4.47. The van der Waals surface area contributed by atoms with Crippen LogP contribution in [0.3, 0.4) is 0 Å². The van der Waals surface area contributed by atoms with Crippen LogP contribution in [0.4, 0.5) is 19.0 Å². The number of pyridine rings is 1. The number of anilines is 1. The quantitative estimate of drug-likeness (QED) is 0.201. The Labute approximate surface area is 214 Å². The predicted molar refractivity (Wildman–Crippen MR) is 135 cm³/mol. The van der Waals surface area contributed by atoms with Crippen LogP contribution in [0, 0.1) is 0 Å². The van der Waals surface area contributed by atoms with Crippen molar-refractivity contribution in [2.45, 2.75) is 44.3 Å². The molecule has 0 amide bonds. The van der Waals surface area contributed by atoms with Crippen LogP contribution in [0.5, 0.6) is 5.75 Å². The number of carbonyl (C=O) groups excluding carboxylic acids is 1. The average molecular weight is 558 g/mol. The number of benzene rings is 2. The molecule has 0 bridgehead atoms. The highest BCUT2D eigenvalue weighted by Gasteiger charge is 2.31. The number of aromatic nitrogens is 2. The van der Waals surface area contributed by atoms with Crippen molar-refractivity contribution in [3.8, 4) is 17.0 Å². The largest absolute Gasteiger partial charge is 0.423 e. The van der Waals surface area contributed by atoms with Crippen molar-refractivity contribution in [1.82, 2.24) is 9.38 Å². The number of hydrogen-bond acceptors (Lipinski definition) is 4. The van der Waals surface area contributed by atoms with Gasteiger partial charge in [-0.15, -0.1) is 0 Å². The predicted octanol–water partition coefficient (Wildman–Crippen LogP) is 7.75. The Hall–Kier alpha value is -3.33. The van der Waals surface area contributed by atoms with Gasteiger partial charge in [0.2, 0.25) is 0 Å². The van der Waals surface area contributed by atoms with E-state index in [-0.39, 0.29) is 11.3 Å². The van der Waals surface area contributed by atoms with Crippen LogP contribution in [-0.2, 0) is 6.18 Å². The van der Waals surface area contributed by atoms with E-state index in [4.69, 9.17) is 9.72 Å². The number of nitrogens with one attached hydrogen (secondary N) is 1. The minimum atomic E-state index is -4.54. The van der Waals surface area contributed by atoms with Gasteiger partial charge < -0.3 is 10.1 Å². The van der Waals surface area contributed by atoms with Gasteiger partial charge in [-0.3, -0.25) is 4.40 Å². The van der Waals surface area contributed by atoms with Gasteiger partial charge in [-0.2, -0.15) is 13.2 Å². The van der Waals surface area contributed by atoms with E-state index in [0.717, 1.165) is 52.2 Å². The first-order chi connectivity index (χ1) is 17.3. The van der Waals surface area contributed by atoms with Crippen molar-refractivity contribution in [2.24, 2.45) is 0 Å². The third-order valence-corrected chi connectivity index (χ3v) is 6.76. The Bertz CT molecular complexity index is 1390. The Morgan fingerprint density at radius 1 is 1.03 bits per heavy atom. The molecule has 4 aromatic rings. The van der Waals surface area contributed by atoms with Gasteiger partial charge in [-0.05, 0) is 83.4 Å². The highest BCUT2D eigenvalue weighted by Crippen LogP contribution is 2.34. The fourth-order valence-corrected chi connectivity index (χ4v) is 4.80. The average Bonchev–Trinajstić information content (AvgIpc) is 3.22. The molecule has 2 aromatic carbocycles. The molecule has 0 spiro atoms. The molecular formula is C27H23BrF3N3O2. The van der Waals surface area contributed by atoms with Crippen LogP contribution in [0.15, 0.2) is 71.3 Å².